The molecule has 0 bridgehead atoms. The molecule has 1 aliphatic rings. The van der Waals surface area contributed by atoms with Crippen molar-refractivity contribution in [1.29, 1.82) is 0 Å². The second-order valence-corrected chi connectivity index (χ2v) is 6.84. The van der Waals surface area contributed by atoms with Crippen LogP contribution in [0.2, 0.25) is 0 Å². The molecule has 0 aliphatic carbocycles. The van der Waals surface area contributed by atoms with E-state index in [1.165, 1.54) is 18.4 Å². The number of furan rings is 1. The van der Waals surface area contributed by atoms with Crippen LogP contribution in [0.25, 0.3) is 11.0 Å². The molecule has 25 heavy (non-hydrogen) atoms. The largest absolute Gasteiger partial charge is 0.464 e. The average Bonchev–Trinajstić information content (AvgIpc) is 3.04. The molecule has 5 nitrogen and oxygen atoms in total. The van der Waals surface area contributed by atoms with E-state index in [1.807, 2.05) is 6.07 Å². The number of rotatable bonds is 7. The number of benzene rings is 1. The van der Waals surface area contributed by atoms with Gasteiger partial charge in [0, 0.05) is 30.1 Å². The van der Waals surface area contributed by atoms with Gasteiger partial charge in [-0.2, -0.15) is 0 Å². The minimum atomic E-state index is 0.0159. The van der Waals surface area contributed by atoms with Crippen molar-refractivity contribution >= 4 is 16.9 Å². The number of carbonyl (C=O) groups is 1. The Morgan fingerprint density at radius 2 is 2.28 bits per heavy atom. The van der Waals surface area contributed by atoms with E-state index in [0.717, 1.165) is 42.5 Å². The Morgan fingerprint density at radius 1 is 1.40 bits per heavy atom. The fraction of sp³-hybridized carbons (Fsp3) is 0.550. The number of amides is 1. The van der Waals surface area contributed by atoms with Crippen LogP contribution in [0.5, 0.6) is 0 Å². The lowest BCUT2D eigenvalue weighted by Crippen LogP contribution is -2.45. The Hall–Kier alpha value is -1.85. The number of piperidine rings is 1. The van der Waals surface area contributed by atoms with E-state index in [9.17, 15) is 9.90 Å². The van der Waals surface area contributed by atoms with Crippen LogP contribution in [-0.4, -0.2) is 48.2 Å². The first-order valence-corrected chi connectivity index (χ1v) is 9.32. The second-order valence-electron chi connectivity index (χ2n) is 6.84. The molecule has 2 aromatic rings. The van der Waals surface area contributed by atoms with Crippen molar-refractivity contribution in [3.63, 3.8) is 0 Å². The third-order valence-electron chi connectivity index (χ3n) is 5.16. The number of aryl methyl sites for hydroxylation is 1. The number of hydrogen-bond acceptors (Lipinski definition) is 4. The Bertz CT molecular complexity index is 710. The predicted molar refractivity (Wildman–Crippen MR) is 98.6 cm³/mol. The number of hydrogen-bond donors (Lipinski definition) is 2. The number of carbonyl (C=O) groups excluding carboxylic acids is 1. The minimum absolute atomic E-state index is 0.0159. The summed E-state index contributed by atoms with van der Waals surface area (Å²) in [6, 6.07) is 6.39. The summed E-state index contributed by atoms with van der Waals surface area (Å²) in [5.41, 5.74) is 3.02. The summed E-state index contributed by atoms with van der Waals surface area (Å²) in [4.78, 5) is 14.6. The van der Waals surface area contributed by atoms with Gasteiger partial charge in [-0.1, -0.05) is 19.4 Å². The first-order valence-electron chi connectivity index (χ1n) is 9.32. The van der Waals surface area contributed by atoms with Crippen molar-refractivity contribution in [1.82, 2.24) is 10.2 Å². The van der Waals surface area contributed by atoms with E-state index in [2.05, 4.69) is 29.3 Å². The first-order chi connectivity index (χ1) is 12.2. The van der Waals surface area contributed by atoms with Gasteiger partial charge in [-0.25, -0.2) is 0 Å². The molecule has 1 unspecified atom stereocenters. The highest BCUT2D eigenvalue weighted by molar-refractivity contribution is 5.88. The number of nitrogens with zero attached hydrogens (tertiary/aromatic N) is 1. The first kappa shape index (κ1) is 18.0. The van der Waals surface area contributed by atoms with Crippen molar-refractivity contribution in [2.75, 3.05) is 26.2 Å². The van der Waals surface area contributed by atoms with Gasteiger partial charge in [-0.05, 0) is 43.5 Å². The Labute approximate surface area is 149 Å². The van der Waals surface area contributed by atoms with Crippen molar-refractivity contribution in [3.05, 3.63) is 35.6 Å². The van der Waals surface area contributed by atoms with Gasteiger partial charge in [-0.15, -0.1) is 0 Å². The van der Waals surface area contributed by atoms with E-state index in [4.69, 9.17) is 4.42 Å². The molecule has 1 aromatic heterocycles. The summed E-state index contributed by atoms with van der Waals surface area (Å²) in [6.45, 7) is 4.74. The zero-order chi connectivity index (χ0) is 17.6. The Balaban J connectivity index is 1.52. The van der Waals surface area contributed by atoms with E-state index >= 15 is 0 Å². The molecule has 136 valence electrons. The highest BCUT2D eigenvalue weighted by atomic mass is 16.3. The quantitative estimate of drug-likeness (QED) is 0.810. The van der Waals surface area contributed by atoms with Crippen molar-refractivity contribution in [2.45, 2.75) is 45.1 Å². The Morgan fingerprint density at radius 3 is 3.08 bits per heavy atom. The molecule has 2 heterocycles. The summed E-state index contributed by atoms with van der Waals surface area (Å²) >= 11 is 0. The standard InChI is InChI=1S/C20H28N2O3/c1-2-15-6-7-19-18(11-15)16(14-25-19)12-20(24)21-8-10-22-9-4-3-5-17(22)13-23/h6-7,11,14,17,23H,2-5,8-10,12-13H2,1H3,(H,21,24). The molecule has 1 fully saturated rings. The summed E-state index contributed by atoms with van der Waals surface area (Å²) in [5.74, 6) is 0.0159. The molecule has 0 spiro atoms. The third kappa shape index (κ3) is 4.41. The minimum Gasteiger partial charge on any atom is -0.464 e. The molecule has 1 aliphatic heterocycles. The maximum absolute atomic E-state index is 12.3. The van der Waals surface area contributed by atoms with Gasteiger partial charge in [0.1, 0.15) is 5.58 Å². The summed E-state index contributed by atoms with van der Waals surface area (Å²) in [6.07, 6.45) is 6.39. The molecule has 1 saturated heterocycles. The lowest BCUT2D eigenvalue weighted by Gasteiger charge is -2.34. The van der Waals surface area contributed by atoms with Crippen LogP contribution in [0.15, 0.2) is 28.9 Å². The lowest BCUT2D eigenvalue weighted by atomic mass is 10.0. The molecule has 1 atom stereocenters. The van der Waals surface area contributed by atoms with Gasteiger partial charge in [0.2, 0.25) is 5.91 Å². The molecule has 5 heteroatoms. The van der Waals surface area contributed by atoms with E-state index in [0.29, 0.717) is 13.0 Å². The average molecular weight is 344 g/mol. The maximum atomic E-state index is 12.3. The van der Waals surface area contributed by atoms with Gasteiger partial charge < -0.3 is 14.8 Å². The lowest BCUT2D eigenvalue weighted by molar-refractivity contribution is -0.120. The number of likely N-dealkylation sites (tertiary alicyclic amines) is 1. The molecular weight excluding hydrogens is 316 g/mol. The van der Waals surface area contributed by atoms with Crippen LogP contribution in [0, 0.1) is 0 Å². The number of aliphatic hydroxyl groups is 1. The van der Waals surface area contributed by atoms with Crippen LogP contribution in [0.3, 0.4) is 0 Å². The van der Waals surface area contributed by atoms with Crippen LogP contribution in [0.1, 0.15) is 37.3 Å². The fourth-order valence-electron chi connectivity index (χ4n) is 3.62. The maximum Gasteiger partial charge on any atom is 0.224 e. The predicted octanol–water partition coefficient (Wildman–Crippen LogP) is 2.50. The van der Waals surface area contributed by atoms with Crippen molar-refractivity contribution in [3.8, 4) is 0 Å². The SMILES string of the molecule is CCc1ccc2occ(CC(=O)NCCN3CCCCC3CO)c2c1. The molecule has 0 saturated carbocycles. The summed E-state index contributed by atoms with van der Waals surface area (Å²) in [7, 11) is 0. The number of aliphatic hydroxyl groups excluding tert-OH is 1. The Kier molecular flexibility index (Phi) is 6.10. The zero-order valence-corrected chi connectivity index (χ0v) is 15.0. The second kappa shape index (κ2) is 8.50. The third-order valence-corrected chi connectivity index (χ3v) is 5.16. The van der Waals surface area contributed by atoms with E-state index in [-0.39, 0.29) is 18.6 Å². The summed E-state index contributed by atoms with van der Waals surface area (Å²) in [5, 5.41) is 13.5. The van der Waals surface area contributed by atoms with Crippen molar-refractivity contribution in [2.24, 2.45) is 0 Å². The van der Waals surface area contributed by atoms with E-state index < -0.39 is 0 Å². The fourth-order valence-corrected chi connectivity index (χ4v) is 3.62. The smallest absolute Gasteiger partial charge is 0.224 e. The molecule has 0 radical (unpaired) electrons. The summed E-state index contributed by atoms with van der Waals surface area (Å²) < 4.78 is 5.56. The van der Waals surface area contributed by atoms with Gasteiger partial charge in [-0.3, -0.25) is 9.69 Å². The molecule has 1 aromatic carbocycles. The normalized spacial score (nSPS) is 18.6. The number of nitrogens with one attached hydrogen (secondary N) is 1. The number of fused-ring (bicyclic) bond motifs is 1. The van der Waals surface area contributed by atoms with Crippen LogP contribution in [-0.2, 0) is 17.6 Å². The van der Waals surface area contributed by atoms with Crippen LogP contribution >= 0.6 is 0 Å². The topological polar surface area (TPSA) is 65.7 Å². The highest BCUT2D eigenvalue weighted by Gasteiger charge is 2.21. The molecular formula is C20H28N2O3. The molecule has 1 amide bonds. The van der Waals surface area contributed by atoms with Gasteiger partial charge in [0.15, 0.2) is 0 Å². The highest BCUT2D eigenvalue weighted by Crippen LogP contribution is 2.23. The van der Waals surface area contributed by atoms with Crippen LogP contribution < -0.4 is 5.32 Å². The van der Waals surface area contributed by atoms with Crippen molar-refractivity contribution < 1.29 is 14.3 Å². The van der Waals surface area contributed by atoms with Gasteiger partial charge >= 0.3 is 0 Å². The van der Waals surface area contributed by atoms with Gasteiger partial charge in [0.25, 0.3) is 0 Å². The van der Waals surface area contributed by atoms with Crippen LogP contribution in [0.4, 0.5) is 0 Å². The zero-order valence-electron chi connectivity index (χ0n) is 15.0. The van der Waals surface area contributed by atoms with Gasteiger partial charge in [0.05, 0.1) is 19.3 Å². The monoisotopic (exact) mass is 344 g/mol. The molecule has 2 N–H and O–H groups in total. The van der Waals surface area contributed by atoms with E-state index in [1.54, 1.807) is 6.26 Å². The molecule has 3 rings (SSSR count).